The summed E-state index contributed by atoms with van der Waals surface area (Å²) in [6, 6.07) is -0.141. The summed E-state index contributed by atoms with van der Waals surface area (Å²) < 4.78 is 77.1. The van der Waals surface area contributed by atoms with Gasteiger partial charge in [0.1, 0.15) is 0 Å². The second kappa shape index (κ2) is 5.28. The average Bonchev–Trinajstić information content (AvgIpc) is 2.24. The van der Waals surface area contributed by atoms with Crippen molar-refractivity contribution in [2.75, 3.05) is 0 Å². The first kappa shape index (κ1) is 14.3. The minimum absolute atomic E-state index is 0.141. The van der Waals surface area contributed by atoms with Crippen molar-refractivity contribution >= 4 is 5.97 Å². The van der Waals surface area contributed by atoms with Gasteiger partial charge in [-0.2, -0.15) is 0 Å². The van der Waals surface area contributed by atoms with Crippen molar-refractivity contribution in [2.45, 2.75) is 18.8 Å². The van der Waals surface area contributed by atoms with Gasteiger partial charge in [-0.05, 0) is 0 Å². The highest BCUT2D eigenvalue weighted by Crippen LogP contribution is 2.33. The van der Waals surface area contributed by atoms with E-state index < -0.39 is 53.6 Å². The number of aliphatic carboxylic acids is 1. The fourth-order valence-corrected chi connectivity index (χ4v) is 1.42. The van der Waals surface area contributed by atoms with Crippen molar-refractivity contribution in [3.8, 4) is 0 Å². The lowest BCUT2D eigenvalue weighted by molar-refractivity contribution is -0.138. The smallest absolute Gasteiger partial charge is 0.304 e. The number of hydrogen-bond acceptors (Lipinski definition) is 1. The molecule has 100 valence electrons. The van der Waals surface area contributed by atoms with E-state index in [1.165, 1.54) is 0 Å². The Morgan fingerprint density at radius 1 is 1.11 bits per heavy atom. The Kier molecular flexibility index (Phi) is 4.20. The molecule has 0 aliphatic rings. The maximum absolute atomic E-state index is 13.2. The van der Waals surface area contributed by atoms with Gasteiger partial charge in [0.05, 0.1) is 12.3 Å². The van der Waals surface area contributed by atoms with Crippen LogP contribution in [0.25, 0.3) is 0 Å². The highest BCUT2D eigenvalue weighted by Gasteiger charge is 2.33. The standard InChI is InChI=1S/C10H6F6O2/c11-4-2-5(12)9(14)7(8(4)13)3(10(15)16)1-6(17)18/h2-3,10H,1H2,(H,17,18). The molecule has 1 N–H and O–H groups in total. The molecule has 0 saturated heterocycles. The van der Waals surface area contributed by atoms with E-state index in [0.29, 0.717) is 0 Å². The molecular formula is C10H6F6O2. The van der Waals surface area contributed by atoms with Gasteiger partial charge >= 0.3 is 5.97 Å². The molecule has 0 bridgehead atoms. The highest BCUT2D eigenvalue weighted by atomic mass is 19.3. The molecule has 1 aromatic rings. The lowest BCUT2D eigenvalue weighted by Gasteiger charge is -2.16. The Bertz CT molecular complexity index is 448. The third-order valence-corrected chi connectivity index (χ3v) is 2.22. The SMILES string of the molecule is O=C(O)CC(c1c(F)c(F)cc(F)c1F)C(F)F. The predicted octanol–water partition coefficient (Wildman–Crippen LogP) is 3.07. The molecule has 1 rings (SSSR count). The molecule has 0 aliphatic carbocycles. The van der Waals surface area contributed by atoms with Gasteiger partial charge in [0.25, 0.3) is 0 Å². The van der Waals surface area contributed by atoms with Gasteiger partial charge < -0.3 is 5.11 Å². The third kappa shape index (κ3) is 2.74. The van der Waals surface area contributed by atoms with Crippen LogP contribution in [0.3, 0.4) is 0 Å². The highest BCUT2D eigenvalue weighted by molar-refractivity contribution is 5.68. The molecule has 1 aromatic carbocycles. The normalized spacial score (nSPS) is 12.8. The van der Waals surface area contributed by atoms with E-state index in [4.69, 9.17) is 5.11 Å². The van der Waals surface area contributed by atoms with Crippen molar-refractivity contribution in [3.05, 3.63) is 34.9 Å². The van der Waals surface area contributed by atoms with Crippen LogP contribution in [0.5, 0.6) is 0 Å². The summed E-state index contributed by atoms with van der Waals surface area (Å²) in [6.45, 7) is 0. The minimum Gasteiger partial charge on any atom is -0.481 e. The number of rotatable bonds is 4. The zero-order valence-corrected chi connectivity index (χ0v) is 8.56. The van der Waals surface area contributed by atoms with Crippen molar-refractivity contribution in [1.82, 2.24) is 0 Å². The second-order valence-electron chi connectivity index (χ2n) is 3.42. The molecule has 18 heavy (non-hydrogen) atoms. The molecular weight excluding hydrogens is 266 g/mol. The van der Waals surface area contributed by atoms with E-state index in [1.807, 2.05) is 0 Å². The van der Waals surface area contributed by atoms with Crippen LogP contribution in [0.2, 0.25) is 0 Å². The zero-order valence-electron chi connectivity index (χ0n) is 8.56. The molecule has 0 radical (unpaired) electrons. The summed E-state index contributed by atoms with van der Waals surface area (Å²) in [6.07, 6.45) is -4.83. The van der Waals surface area contributed by atoms with Crippen LogP contribution in [-0.2, 0) is 4.79 Å². The molecule has 1 unspecified atom stereocenters. The zero-order chi connectivity index (χ0) is 14.0. The number of carboxylic acid groups (broad SMARTS) is 1. The maximum atomic E-state index is 13.2. The Balaban J connectivity index is 3.40. The van der Waals surface area contributed by atoms with E-state index in [9.17, 15) is 31.1 Å². The van der Waals surface area contributed by atoms with Gasteiger partial charge in [0.2, 0.25) is 6.43 Å². The molecule has 2 nitrogen and oxygen atoms in total. The largest absolute Gasteiger partial charge is 0.481 e. The first-order chi connectivity index (χ1) is 8.25. The van der Waals surface area contributed by atoms with Crippen molar-refractivity contribution < 1.29 is 36.2 Å². The maximum Gasteiger partial charge on any atom is 0.304 e. The van der Waals surface area contributed by atoms with E-state index in [-0.39, 0.29) is 6.07 Å². The van der Waals surface area contributed by atoms with Gasteiger partial charge in [0.15, 0.2) is 23.3 Å². The van der Waals surface area contributed by atoms with Gasteiger partial charge in [0, 0.05) is 11.6 Å². The van der Waals surface area contributed by atoms with Crippen LogP contribution in [0.1, 0.15) is 17.9 Å². The lowest BCUT2D eigenvalue weighted by atomic mass is 9.94. The van der Waals surface area contributed by atoms with Gasteiger partial charge in [-0.25, -0.2) is 26.3 Å². The summed E-state index contributed by atoms with van der Waals surface area (Å²) in [5.74, 6) is -12.0. The molecule has 0 aromatic heterocycles. The topological polar surface area (TPSA) is 37.3 Å². The molecule has 0 fully saturated rings. The molecule has 0 saturated carbocycles. The fraction of sp³-hybridized carbons (Fsp3) is 0.300. The summed E-state index contributed by atoms with van der Waals surface area (Å²) in [5.41, 5.74) is -1.59. The number of hydrogen-bond donors (Lipinski definition) is 1. The Hall–Kier alpha value is -1.73. The van der Waals surface area contributed by atoms with E-state index in [1.54, 1.807) is 0 Å². The predicted molar refractivity (Wildman–Crippen MR) is 47.3 cm³/mol. The summed E-state index contributed by atoms with van der Waals surface area (Å²) in [5, 5.41) is 8.35. The van der Waals surface area contributed by atoms with Crippen LogP contribution in [0, 0.1) is 23.3 Å². The van der Waals surface area contributed by atoms with Crippen LogP contribution in [0.15, 0.2) is 6.07 Å². The minimum atomic E-state index is -3.48. The Labute approximate surface area is 96.8 Å². The summed E-state index contributed by atoms with van der Waals surface area (Å²) in [4.78, 5) is 10.3. The van der Waals surface area contributed by atoms with Crippen molar-refractivity contribution in [2.24, 2.45) is 0 Å². The fourth-order valence-electron chi connectivity index (χ4n) is 1.42. The van der Waals surface area contributed by atoms with Gasteiger partial charge in [-0.3, -0.25) is 4.79 Å². The van der Waals surface area contributed by atoms with Gasteiger partial charge in [-0.1, -0.05) is 0 Å². The van der Waals surface area contributed by atoms with Crippen LogP contribution < -0.4 is 0 Å². The molecule has 8 heteroatoms. The molecule has 0 aliphatic heterocycles. The first-order valence-electron chi connectivity index (χ1n) is 4.58. The molecule has 1 atom stereocenters. The van der Waals surface area contributed by atoms with E-state index in [0.717, 1.165) is 0 Å². The molecule has 0 heterocycles. The number of benzene rings is 1. The summed E-state index contributed by atoms with van der Waals surface area (Å²) >= 11 is 0. The lowest BCUT2D eigenvalue weighted by Crippen LogP contribution is -2.18. The first-order valence-corrected chi connectivity index (χ1v) is 4.58. The quantitative estimate of drug-likeness (QED) is 0.675. The second-order valence-corrected chi connectivity index (χ2v) is 3.42. The van der Waals surface area contributed by atoms with Crippen LogP contribution in [0.4, 0.5) is 26.3 Å². The molecule has 0 amide bonds. The Morgan fingerprint density at radius 2 is 1.56 bits per heavy atom. The Morgan fingerprint density at radius 3 is 1.89 bits per heavy atom. The monoisotopic (exact) mass is 272 g/mol. The third-order valence-electron chi connectivity index (χ3n) is 2.22. The number of halogens is 6. The van der Waals surface area contributed by atoms with Crippen LogP contribution in [-0.4, -0.2) is 17.5 Å². The average molecular weight is 272 g/mol. The van der Waals surface area contributed by atoms with E-state index >= 15 is 0 Å². The number of carboxylic acids is 1. The van der Waals surface area contributed by atoms with Gasteiger partial charge in [-0.15, -0.1) is 0 Å². The number of alkyl halides is 2. The molecule has 0 spiro atoms. The van der Waals surface area contributed by atoms with Crippen molar-refractivity contribution in [3.63, 3.8) is 0 Å². The van der Waals surface area contributed by atoms with Crippen LogP contribution >= 0.6 is 0 Å². The summed E-state index contributed by atoms with van der Waals surface area (Å²) in [7, 11) is 0. The van der Waals surface area contributed by atoms with Crippen molar-refractivity contribution in [1.29, 1.82) is 0 Å². The number of carbonyl (C=O) groups is 1. The van der Waals surface area contributed by atoms with E-state index in [2.05, 4.69) is 0 Å².